The quantitative estimate of drug-likeness (QED) is 0.871. The van der Waals surface area contributed by atoms with Crippen molar-refractivity contribution < 1.29 is 19.4 Å². The molecule has 19 heavy (non-hydrogen) atoms. The van der Waals surface area contributed by atoms with Crippen molar-refractivity contribution in [1.82, 2.24) is 4.90 Å². The van der Waals surface area contributed by atoms with Crippen molar-refractivity contribution in [3.8, 4) is 5.75 Å². The highest BCUT2D eigenvalue weighted by Gasteiger charge is 2.29. The molecule has 5 heteroatoms. The molecule has 0 radical (unpaired) electrons. The highest BCUT2D eigenvalue weighted by atomic mass is 16.5. The van der Waals surface area contributed by atoms with Crippen molar-refractivity contribution in [3.63, 3.8) is 0 Å². The minimum Gasteiger partial charge on any atom is -0.492 e. The number of hydrogen-bond donors (Lipinski definition) is 1. The van der Waals surface area contributed by atoms with Crippen molar-refractivity contribution in [1.29, 1.82) is 0 Å². The summed E-state index contributed by atoms with van der Waals surface area (Å²) in [5.74, 6) is -0.738. The van der Waals surface area contributed by atoms with Crippen LogP contribution in [0.25, 0.3) is 0 Å². The van der Waals surface area contributed by atoms with Gasteiger partial charge >= 0.3 is 5.97 Å². The Morgan fingerprint density at radius 2 is 2.11 bits per heavy atom. The number of hydrogen-bond acceptors (Lipinski definition) is 3. The number of amides is 1. The lowest BCUT2D eigenvalue weighted by atomic mass is 9.96. The predicted octanol–water partition coefficient (Wildman–Crippen LogP) is 1.39. The Morgan fingerprint density at radius 3 is 2.74 bits per heavy atom. The second kappa shape index (κ2) is 6.22. The maximum atomic E-state index is 11.8. The number of likely N-dealkylation sites (tertiary alicyclic amines) is 1. The van der Waals surface area contributed by atoms with Crippen molar-refractivity contribution in [2.45, 2.75) is 12.8 Å². The number of rotatable bonds is 5. The molecule has 5 nitrogen and oxygen atoms in total. The van der Waals surface area contributed by atoms with Gasteiger partial charge in [0.1, 0.15) is 12.4 Å². The van der Waals surface area contributed by atoms with E-state index in [1.165, 1.54) is 0 Å². The number of para-hydroxylation sites is 1. The van der Waals surface area contributed by atoms with E-state index in [2.05, 4.69) is 0 Å². The van der Waals surface area contributed by atoms with E-state index in [1.54, 1.807) is 4.90 Å². The number of carbonyl (C=O) groups is 2. The number of ether oxygens (including phenoxy) is 1. The lowest BCUT2D eigenvalue weighted by Crippen LogP contribution is -2.42. The zero-order valence-electron chi connectivity index (χ0n) is 10.6. The largest absolute Gasteiger partial charge is 0.492 e. The molecule has 1 heterocycles. The Morgan fingerprint density at radius 1 is 1.37 bits per heavy atom. The molecule has 1 aliphatic rings. The molecule has 1 amide bonds. The summed E-state index contributed by atoms with van der Waals surface area (Å²) in [7, 11) is 0. The Balaban J connectivity index is 1.75. The summed E-state index contributed by atoms with van der Waals surface area (Å²) in [5.41, 5.74) is 0. The minimum absolute atomic E-state index is 0.0979. The maximum Gasteiger partial charge on any atom is 0.307 e. The third kappa shape index (κ3) is 3.71. The van der Waals surface area contributed by atoms with E-state index in [0.29, 0.717) is 26.1 Å². The molecule has 1 aromatic carbocycles. The van der Waals surface area contributed by atoms with E-state index >= 15 is 0 Å². The molecule has 0 saturated carbocycles. The van der Waals surface area contributed by atoms with Crippen LogP contribution in [-0.4, -0.2) is 41.6 Å². The first-order chi connectivity index (χ1) is 9.16. The molecule has 1 unspecified atom stereocenters. The lowest BCUT2D eigenvalue weighted by Gasteiger charge is -2.29. The number of carboxylic acids is 1. The molecule has 0 bridgehead atoms. The number of aliphatic carboxylic acids is 1. The van der Waals surface area contributed by atoms with E-state index in [9.17, 15) is 9.59 Å². The number of carbonyl (C=O) groups excluding carboxylic acids is 1. The van der Waals surface area contributed by atoms with Crippen LogP contribution in [0.2, 0.25) is 0 Å². The van der Waals surface area contributed by atoms with Gasteiger partial charge in [-0.1, -0.05) is 18.2 Å². The van der Waals surface area contributed by atoms with Crippen LogP contribution in [0.4, 0.5) is 0 Å². The van der Waals surface area contributed by atoms with E-state index in [-0.39, 0.29) is 12.3 Å². The van der Waals surface area contributed by atoms with E-state index in [1.807, 2.05) is 30.3 Å². The molecule has 1 aromatic rings. The van der Waals surface area contributed by atoms with Crippen LogP contribution in [0.1, 0.15) is 12.8 Å². The van der Waals surface area contributed by atoms with Gasteiger partial charge in [-0.15, -0.1) is 0 Å². The number of nitrogens with zero attached hydrogens (tertiary/aromatic N) is 1. The van der Waals surface area contributed by atoms with Gasteiger partial charge in [0.2, 0.25) is 5.91 Å². The molecule has 1 N–H and O–H groups in total. The van der Waals surface area contributed by atoms with Gasteiger partial charge in [0.25, 0.3) is 0 Å². The Hall–Kier alpha value is -2.04. The molecule has 0 aliphatic carbocycles. The Bertz CT molecular complexity index is 446. The standard InChI is InChI=1S/C14H17NO4/c16-13-10-11(14(17)18)6-7-15(13)8-9-19-12-4-2-1-3-5-12/h1-5,11H,6-10H2,(H,17,18). The van der Waals surface area contributed by atoms with E-state index < -0.39 is 11.9 Å². The zero-order valence-corrected chi connectivity index (χ0v) is 10.6. The van der Waals surface area contributed by atoms with Crippen LogP contribution in [0, 0.1) is 5.92 Å². The SMILES string of the molecule is O=C(O)C1CCN(CCOc2ccccc2)C(=O)C1. The molecule has 102 valence electrons. The molecular weight excluding hydrogens is 246 g/mol. The summed E-state index contributed by atoms with van der Waals surface area (Å²) in [4.78, 5) is 24.2. The summed E-state index contributed by atoms with van der Waals surface area (Å²) in [5, 5.41) is 8.87. The van der Waals surface area contributed by atoms with Crippen molar-refractivity contribution in [3.05, 3.63) is 30.3 Å². The molecule has 2 rings (SSSR count). The van der Waals surface area contributed by atoms with Crippen LogP contribution >= 0.6 is 0 Å². The molecule has 1 aliphatic heterocycles. The fourth-order valence-corrected chi connectivity index (χ4v) is 2.12. The average Bonchev–Trinajstić information content (AvgIpc) is 2.41. The van der Waals surface area contributed by atoms with Gasteiger partial charge in [0.05, 0.1) is 12.5 Å². The van der Waals surface area contributed by atoms with Gasteiger partial charge < -0.3 is 14.7 Å². The normalized spacial score (nSPS) is 19.3. The number of carboxylic acid groups (broad SMARTS) is 1. The average molecular weight is 263 g/mol. The number of benzene rings is 1. The first-order valence-corrected chi connectivity index (χ1v) is 6.35. The second-order valence-corrected chi connectivity index (χ2v) is 4.57. The second-order valence-electron chi connectivity index (χ2n) is 4.57. The summed E-state index contributed by atoms with van der Waals surface area (Å²) >= 11 is 0. The van der Waals surface area contributed by atoms with Crippen molar-refractivity contribution in [2.75, 3.05) is 19.7 Å². The van der Waals surface area contributed by atoms with E-state index in [0.717, 1.165) is 5.75 Å². The van der Waals surface area contributed by atoms with Gasteiger partial charge in [-0.2, -0.15) is 0 Å². The summed E-state index contributed by atoms with van der Waals surface area (Å²) in [6, 6.07) is 9.40. The van der Waals surface area contributed by atoms with Crippen molar-refractivity contribution in [2.24, 2.45) is 5.92 Å². The Kier molecular flexibility index (Phi) is 4.39. The summed E-state index contributed by atoms with van der Waals surface area (Å²) < 4.78 is 5.52. The van der Waals surface area contributed by atoms with Gasteiger partial charge in [-0.25, -0.2) is 0 Å². The maximum absolute atomic E-state index is 11.8. The van der Waals surface area contributed by atoms with Crippen LogP contribution in [-0.2, 0) is 9.59 Å². The fourth-order valence-electron chi connectivity index (χ4n) is 2.12. The fraction of sp³-hybridized carbons (Fsp3) is 0.429. The molecule has 1 saturated heterocycles. The first kappa shape index (κ1) is 13.4. The molecular formula is C14H17NO4. The van der Waals surface area contributed by atoms with Crippen LogP contribution in [0.5, 0.6) is 5.75 Å². The highest BCUT2D eigenvalue weighted by Crippen LogP contribution is 2.18. The van der Waals surface area contributed by atoms with Gasteiger partial charge in [0.15, 0.2) is 0 Å². The molecule has 1 fully saturated rings. The van der Waals surface area contributed by atoms with Crippen molar-refractivity contribution >= 4 is 11.9 Å². The molecule has 0 aromatic heterocycles. The lowest BCUT2D eigenvalue weighted by molar-refractivity contribution is -0.149. The van der Waals surface area contributed by atoms with Gasteiger partial charge in [0, 0.05) is 13.0 Å². The first-order valence-electron chi connectivity index (χ1n) is 6.35. The van der Waals surface area contributed by atoms with Crippen LogP contribution in [0.3, 0.4) is 0 Å². The predicted molar refractivity (Wildman–Crippen MR) is 68.9 cm³/mol. The minimum atomic E-state index is -0.881. The highest BCUT2D eigenvalue weighted by molar-refractivity contribution is 5.83. The topological polar surface area (TPSA) is 66.8 Å². The zero-order chi connectivity index (χ0) is 13.7. The monoisotopic (exact) mass is 263 g/mol. The third-order valence-corrected chi connectivity index (χ3v) is 3.24. The number of piperidine rings is 1. The van der Waals surface area contributed by atoms with E-state index in [4.69, 9.17) is 9.84 Å². The van der Waals surface area contributed by atoms with Gasteiger partial charge in [-0.3, -0.25) is 9.59 Å². The van der Waals surface area contributed by atoms with Crippen LogP contribution < -0.4 is 4.74 Å². The van der Waals surface area contributed by atoms with Crippen LogP contribution in [0.15, 0.2) is 30.3 Å². The smallest absolute Gasteiger partial charge is 0.307 e. The summed E-state index contributed by atoms with van der Waals surface area (Å²) in [6.07, 6.45) is 0.618. The summed E-state index contributed by atoms with van der Waals surface area (Å²) in [6.45, 7) is 1.42. The molecule has 0 spiro atoms. The molecule has 1 atom stereocenters. The van der Waals surface area contributed by atoms with Gasteiger partial charge in [-0.05, 0) is 18.6 Å². The third-order valence-electron chi connectivity index (χ3n) is 3.24. The Labute approximate surface area is 111 Å².